The second kappa shape index (κ2) is 5.71. The number of hydrogen-bond acceptors (Lipinski definition) is 2. The Morgan fingerprint density at radius 2 is 2.05 bits per heavy atom. The Morgan fingerprint density at radius 3 is 2.84 bits per heavy atom. The molecule has 2 aromatic rings. The Labute approximate surface area is 126 Å². The summed E-state index contributed by atoms with van der Waals surface area (Å²) in [5.74, 6) is 0.391. The van der Waals surface area contributed by atoms with Gasteiger partial charge in [-0.05, 0) is 53.6 Å². The molecule has 3 nitrogen and oxygen atoms in total. The smallest absolute Gasteiger partial charge is 0.127 e. The van der Waals surface area contributed by atoms with Crippen molar-refractivity contribution < 1.29 is 5.11 Å². The maximum atomic E-state index is 10.4. The fourth-order valence-electron chi connectivity index (χ4n) is 2.97. The quantitative estimate of drug-likeness (QED) is 0.563. The van der Waals surface area contributed by atoms with Crippen molar-refractivity contribution in [2.75, 3.05) is 5.32 Å². The first-order chi connectivity index (χ1) is 9.24. The van der Waals surface area contributed by atoms with Crippen LogP contribution in [0.2, 0.25) is 0 Å². The summed E-state index contributed by atoms with van der Waals surface area (Å²) < 4.78 is 1.12. The Morgan fingerprint density at radius 1 is 1.26 bits per heavy atom. The molecular formula is C15H19IN2O. The van der Waals surface area contributed by atoms with Gasteiger partial charge in [-0.3, -0.25) is 0 Å². The summed E-state index contributed by atoms with van der Waals surface area (Å²) in [5.41, 5.74) is 2.14. The van der Waals surface area contributed by atoms with E-state index in [1.807, 2.05) is 12.1 Å². The third-order valence-electron chi connectivity index (χ3n) is 4.03. The van der Waals surface area contributed by atoms with Gasteiger partial charge in [-0.25, -0.2) is 0 Å². The van der Waals surface area contributed by atoms with Crippen molar-refractivity contribution in [3.8, 4) is 0 Å². The minimum absolute atomic E-state index is 0.391. The van der Waals surface area contributed by atoms with Gasteiger partial charge in [-0.1, -0.05) is 25.3 Å². The number of H-pyrrole nitrogens is 1. The molecule has 1 fully saturated rings. The lowest BCUT2D eigenvalue weighted by Crippen LogP contribution is -2.30. The van der Waals surface area contributed by atoms with Crippen LogP contribution in [-0.2, 0) is 0 Å². The average molecular weight is 370 g/mol. The number of aliphatic hydroxyl groups is 1. The van der Waals surface area contributed by atoms with Gasteiger partial charge in [0, 0.05) is 22.5 Å². The number of aliphatic hydroxyl groups excluding tert-OH is 1. The van der Waals surface area contributed by atoms with Crippen LogP contribution in [0.25, 0.3) is 10.9 Å². The number of halogens is 1. The monoisotopic (exact) mass is 370 g/mol. The zero-order chi connectivity index (χ0) is 13.2. The molecule has 1 aliphatic carbocycles. The van der Waals surface area contributed by atoms with Crippen LogP contribution in [0.15, 0.2) is 24.3 Å². The van der Waals surface area contributed by atoms with Crippen LogP contribution in [0.1, 0.15) is 32.1 Å². The number of hydrogen-bond donors (Lipinski definition) is 3. The molecule has 3 rings (SSSR count). The van der Waals surface area contributed by atoms with Crippen LogP contribution in [-0.4, -0.2) is 16.3 Å². The average Bonchev–Trinajstić information content (AvgIpc) is 2.81. The van der Waals surface area contributed by atoms with Gasteiger partial charge in [0.1, 0.15) is 6.23 Å². The van der Waals surface area contributed by atoms with Crippen LogP contribution in [0.5, 0.6) is 0 Å². The van der Waals surface area contributed by atoms with Crippen molar-refractivity contribution in [3.05, 3.63) is 28.0 Å². The van der Waals surface area contributed by atoms with Gasteiger partial charge in [-0.15, -0.1) is 0 Å². The molecule has 4 heteroatoms. The molecule has 0 aliphatic heterocycles. The number of benzene rings is 1. The van der Waals surface area contributed by atoms with Gasteiger partial charge < -0.3 is 15.4 Å². The third kappa shape index (κ3) is 2.89. The Kier molecular flexibility index (Phi) is 3.98. The number of aromatic nitrogens is 1. The molecule has 1 aromatic heterocycles. The highest BCUT2D eigenvalue weighted by atomic mass is 127. The molecule has 0 radical (unpaired) electrons. The zero-order valence-corrected chi connectivity index (χ0v) is 13.0. The third-order valence-corrected chi connectivity index (χ3v) is 4.61. The summed E-state index contributed by atoms with van der Waals surface area (Å²) >= 11 is 2.28. The maximum absolute atomic E-state index is 10.4. The number of nitrogens with one attached hydrogen (secondary N) is 2. The molecule has 102 valence electrons. The Balaban J connectivity index is 1.80. The molecule has 1 atom stereocenters. The van der Waals surface area contributed by atoms with Gasteiger partial charge in [-0.2, -0.15) is 0 Å². The molecule has 0 spiro atoms. The standard InChI is InChI=1S/C15H19IN2O/c16-14-9-11-12(17-14)7-4-8-13(11)18-15(19)10-5-2-1-3-6-10/h4,7-10,15,17-19H,1-3,5-6H2. The summed E-state index contributed by atoms with van der Waals surface area (Å²) in [7, 11) is 0. The van der Waals surface area contributed by atoms with Crippen molar-refractivity contribution in [1.82, 2.24) is 4.98 Å². The van der Waals surface area contributed by atoms with E-state index in [4.69, 9.17) is 0 Å². The number of fused-ring (bicyclic) bond motifs is 1. The number of anilines is 1. The first-order valence-electron chi connectivity index (χ1n) is 6.96. The first kappa shape index (κ1) is 13.2. The van der Waals surface area contributed by atoms with E-state index in [1.165, 1.54) is 19.3 Å². The molecule has 1 aliphatic rings. The van der Waals surface area contributed by atoms with Crippen molar-refractivity contribution in [3.63, 3.8) is 0 Å². The number of aromatic amines is 1. The topological polar surface area (TPSA) is 48.0 Å². The highest BCUT2D eigenvalue weighted by Gasteiger charge is 2.22. The fourth-order valence-corrected chi connectivity index (χ4v) is 3.58. The van der Waals surface area contributed by atoms with E-state index in [9.17, 15) is 5.11 Å². The van der Waals surface area contributed by atoms with Gasteiger partial charge in [0.15, 0.2) is 0 Å². The van der Waals surface area contributed by atoms with Crippen molar-refractivity contribution >= 4 is 39.2 Å². The molecule has 3 N–H and O–H groups in total. The lowest BCUT2D eigenvalue weighted by atomic mass is 9.88. The second-order valence-electron chi connectivity index (χ2n) is 5.37. The van der Waals surface area contributed by atoms with Crippen molar-refractivity contribution in [2.24, 2.45) is 5.92 Å². The number of rotatable bonds is 3. The maximum Gasteiger partial charge on any atom is 0.127 e. The van der Waals surface area contributed by atoms with E-state index in [1.54, 1.807) is 0 Å². The summed E-state index contributed by atoms with van der Waals surface area (Å²) in [5, 5.41) is 14.8. The van der Waals surface area contributed by atoms with Crippen LogP contribution in [0.3, 0.4) is 0 Å². The van der Waals surface area contributed by atoms with Crippen molar-refractivity contribution in [1.29, 1.82) is 0 Å². The van der Waals surface area contributed by atoms with E-state index in [2.05, 4.69) is 45.0 Å². The predicted octanol–water partition coefficient (Wildman–Crippen LogP) is 4.08. The molecule has 1 saturated carbocycles. The Hall–Kier alpha value is -0.750. The highest BCUT2D eigenvalue weighted by Crippen LogP contribution is 2.30. The second-order valence-corrected chi connectivity index (χ2v) is 6.53. The van der Waals surface area contributed by atoms with Gasteiger partial charge in [0.2, 0.25) is 0 Å². The highest BCUT2D eigenvalue weighted by molar-refractivity contribution is 14.1. The molecule has 0 saturated heterocycles. The van der Waals surface area contributed by atoms with Crippen LogP contribution < -0.4 is 5.32 Å². The van der Waals surface area contributed by atoms with Crippen LogP contribution in [0.4, 0.5) is 5.69 Å². The SMILES string of the molecule is OC(Nc1cccc2[nH]c(I)cc12)C1CCCCC1. The minimum atomic E-state index is -0.432. The van der Waals surface area contributed by atoms with E-state index in [0.29, 0.717) is 5.92 Å². The predicted molar refractivity (Wildman–Crippen MR) is 87.2 cm³/mol. The molecule has 19 heavy (non-hydrogen) atoms. The summed E-state index contributed by atoms with van der Waals surface area (Å²) in [4.78, 5) is 3.32. The fraction of sp³-hybridized carbons (Fsp3) is 0.467. The van der Waals surface area contributed by atoms with E-state index in [-0.39, 0.29) is 0 Å². The van der Waals surface area contributed by atoms with Crippen molar-refractivity contribution in [2.45, 2.75) is 38.3 Å². The zero-order valence-electron chi connectivity index (χ0n) is 10.8. The molecule has 1 unspecified atom stereocenters. The lowest BCUT2D eigenvalue weighted by molar-refractivity contribution is 0.109. The van der Waals surface area contributed by atoms with Gasteiger partial charge in [0.05, 0.1) is 3.70 Å². The van der Waals surface area contributed by atoms with Crippen LogP contribution in [0, 0.1) is 9.62 Å². The molecule has 0 bridgehead atoms. The van der Waals surface area contributed by atoms with E-state index >= 15 is 0 Å². The summed E-state index contributed by atoms with van der Waals surface area (Å²) in [6.07, 6.45) is 5.64. The van der Waals surface area contributed by atoms with E-state index in [0.717, 1.165) is 33.1 Å². The molecule has 1 aromatic carbocycles. The minimum Gasteiger partial charge on any atom is -0.374 e. The molecule has 1 heterocycles. The van der Waals surface area contributed by atoms with Crippen LogP contribution >= 0.6 is 22.6 Å². The van der Waals surface area contributed by atoms with Gasteiger partial charge in [0.25, 0.3) is 0 Å². The molecule has 0 amide bonds. The van der Waals surface area contributed by atoms with Gasteiger partial charge >= 0.3 is 0 Å². The lowest BCUT2D eigenvalue weighted by Gasteiger charge is -2.28. The van der Waals surface area contributed by atoms with E-state index < -0.39 is 6.23 Å². The summed E-state index contributed by atoms with van der Waals surface area (Å²) in [6.45, 7) is 0. The Bertz CT molecular complexity index is 560. The molecular weight excluding hydrogens is 351 g/mol. The first-order valence-corrected chi connectivity index (χ1v) is 8.04. The summed E-state index contributed by atoms with van der Waals surface area (Å²) in [6, 6.07) is 8.24. The normalized spacial score (nSPS) is 18.6. The largest absolute Gasteiger partial charge is 0.374 e.